The van der Waals surface area contributed by atoms with Crippen LogP contribution in [0, 0.1) is 5.82 Å². The Balaban J connectivity index is 1.74. The predicted octanol–water partition coefficient (Wildman–Crippen LogP) is 4.92. The van der Waals surface area contributed by atoms with Gasteiger partial charge < -0.3 is 10.2 Å². The fraction of sp³-hybridized carbons (Fsp3) is 0.125. The molecule has 1 N–H and O–H groups in total. The van der Waals surface area contributed by atoms with Gasteiger partial charge in [0, 0.05) is 6.42 Å². The number of benzene rings is 2. The van der Waals surface area contributed by atoms with Gasteiger partial charge >= 0.3 is 0 Å². The number of nitrogens with one attached hydrogen (secondary N) is 1. The van der Waals surface area contributed by atoms with Crippen molar-refractivity contribution < 1.29 is 14.0 Å². The number of hydrogen-bond donors (Lipinski definition) is 1. The summed E-state index contributed by atoms with van der Waals surface area (Å²) in [6.07, 6.45) is -0.850. The van der Waals surface area contributed by atoms with Gasteiger partial charge in [0.25, 0.3) is 5.91 Å². The number of hydrogen-bond acceptors (Lipinski definition) is 3. The van der Waals surface area contributed by atoms with Crippen LogP contribution in [0.4, 0.5) is 10.1 Å². The fourth-order valence-electron chi connectivity index (χ4n) is 2.26. The summed E-state index contributed by atoms with van der Waals surface area (Å²) in [5.41, 5.74) is 0.681. The molecule has 1 amide bonds. The van der Waals surface area contributed by atoms with Crippen molar-refractivity contribution >= 4 is 52.1 Å². The van der Waals surface area contributed by atoms with Gasteiger partial charge in [0.05, 0.1) is 32.0 Å². The number of carbonyl (C=O) groups excluding carboxylic acids is 1. The summed E-state index contributed by atoms with van der Waals surface area (Å²) in [7, 11) is 0. The van der Waals surface area contributed by atoms with Crippen LogP contribution in [0.1, 0.15) is 12.0 Å². The second-order valence-electron chi connectivity index (χ2n) is 5.02. The van der Waals surface area contributed by atoms with Crippen LogP contribution in [0.15, 0.2) is 41.6 Å². The third-order valence-electron chi connectivity index (χ3n) is 3.42. The van der Waals surface area contributed by atoms with E-state index in [0.717, 1.165) is 0 Å². The first-order chi connectivity index (χ1) is 11.5. The quantitative estimate of drug-likeness (QED) is 0.813. The highest BCUT2D eigenvalue weighted by molar-refractivity contribution is 6.39. The van der Waals surface area contributed by atoms with Crippen molar-refractivity contribution in [1.82, 2.24) is 0 Å². The molecule has 0 radical (unpaired) electrons. The summed E-state index contributed by atoms with van der Waals surface area (Å²) in [4.78, 5) is 17.4. The van der Waals surface area contributed by atoms with Crippen LogP contribution in [0.5, 0.6) is 0 Å². The van der Waals surface area contributed by atoms with E-state index in [-0.39, 0.29) is 28.4 Å². The van der Waals surface area contributed by atoms with Crippen LogP contribution in [-0.4, -0.2) is 17.7 Å². The molecule has 0 unspecified atom stereocenters. The SMILES string of the molecule is O=C(Nc1c(Cl)cccc1Cl)[C@H]1CC(c2c(F)cccc2Cl)=NO1. The molecule has 2 aromatic carbocycles. The summed E-state index contributed by atoms with van der Waals surface area (Å²) >= 11 is 18.0. The lowest BCUT2D eigenvalue weighted by Crippen LogP contribution is -2.28. The topological polar surface area (TPSA) is 50.7 Å². The van der Waals surface area contributed by atoms with E-state index in [2.05, 4.69) is 10.5 Å². The average molecular weight is 388 g/mol. The van der Waals surface area contributed by atoms with E-state index < -0.39 is 17.8 Å². The second-order valence-corrected chi connectivity index (χ2v) is 6.24. The lowest BCUT2D eigenvalue weighted by Gasteiger charge is -2.12. The van der Waals surface area contributed by atoms with E-state index in [1.54, 1.807) is 24.3 Å². The zero-order valence-corrected chi connectivity index (χ0v) is 14.3. The Kier molecular flexibility index (Phi) is 4.94. The minimum Gasteiger partial charge on any atom is -0.382 e. The molecule has 4 nitrogen and oxygen atoms in total. The smallest absolute Gasteiger partial charge is 0.268 e. The van der Waals surface area contributed by atoms with E-state index in [1.807, 2.05) is 0 Å². The van der Waals surface area contributed by atoms with Gasteiger partial charge in [-0.1, -0.05) is 52.1 Å². The van der Waals surface area contributed by atoms with Gasteiger partial charge in [-0.2, -0.15) is 0 Å². The van der Waals surface area contributed by atoms with E-state index in [9.17, 15) is 9.18 Å². The largest absolute Gasteiger partial charge is 0.382 e. The number of amides is 1. The molecule has 8 heteroatoms. The van der Waals surface area contributed by atoms with Crippen LogP contribution in [0.25, 0.3) is 0 Å². The van der Waals surface area contributed by atoms with Crippen molar-refractivity contribution in [3.05, 3.63) is 62.8 Å². The molecule has 24 heavy (non-hydrogen) atoms. The number of oxime groups is 1. The summed E-state index contributed by atoms with van der Waals surface area (Å²) < 4.78 is 13.9. The molecule has 0 aliphatic carbocycles. The maximum atomic E-state index is 13.9. The molecule has 124 valence electrons. The van der Waals surface area contributed by atoms with Crippen LogP contribution >= 0.6 is 34.8 Å². The maximum absolute atomic E-state index is 13.9. The van der Waals surface area contributed by atoms with E-state index in [0.29, 0.717) is 10.0 Å². The van der Waals surface area contributed by atoms with Crippen molar-refractivity contribution in [2.75, 3.05) is 5.32 Å². The molecule has 1 aliphatic heterocycles. The summed E-state index contributed by atoms with van der Waals surface area (Å²) in [5, 5.41) is 7.17. The predicted molar refractivity (Wildman–Crippen MR) is 92.5 cm³/mol. The maximum Gasteiger partial charge on any atom is 0.268 e. The summed E-state index contributed by atoms with van der Waals surface area (Å²) in [6.45, 7) is 0. The molecular formula is C16H10Cl3FN2O2. The van der Waals surface area contributed by atoms with Crippen LogP contribution in [0.3, 0.4) is 0 Å². The Morgan fingerprint density at radius 3 is 2.42 bits per heavy atom. The van der Waals surface area contributed by atoms with Gasteiger partial charge in [0.2, 0.25) is 6.10 Å². The van der Waals surface area contributed by atoms with E-state index in [1.165, 1.54) is 12.1 Å². The number of halogens is 4. The average Bonchev–Trinajstić information content (AvgIpc) is 3.00. The Morgan fingerprint density at radius 2 is 1.75 bits per heavy atom. The second kappa shape index (κ2) is 6.97. The first-order valence-corrected chi connectivity index (χ1v) is 8.02. The van der Waals surface area contributed by atoms with Crippen LogP contribution < -0.4 is 5.32 Å². The molecule has 1 aliphatic rings. The van der Waals surface area contributed by atoms with Gasteiger partial charge in [-0.25, -0.2) is 4.39 Å². The number of para-hydroxylation sites is 1. The van der Waals surface area contributed by atoms with Crippen molar-refractivity contribution in [2.24, 2.45) is 5.16 Å². The van der Waals surface area contributed by atoms with Crippen molar-refractivity contribution in [3.8, 4) is 0 Å². The first kappa shape index (κ1) is 17.0. The summed E-state index contributed by atoms with van der Waals surface area (Å²) in [5.74, 6) is -1.02. The van der Waals surface area contributed by atoms with Gasteiger partial charge in [0.1, 0.15) is 5.82 Å². The zero-order chi connectivity index (χ0) is 17.3. The minimum absolute atomic E-state index is 0.0779. The Hall–Kier alpha value is -1.82. The summed E-state index contributed by atoms with van der Waals surface area (Å²) in [6, 6.07) is 9.15. The van der Waals surface area contributed by atoms with Crippen LogP contribution in [0.2, 0.25) is 15.1 Å². The molecule has 2 aromatic rings. The monoisotopic (exact) mass is 386 g/mol. The standard InChI is InChI=1S/C16H10Cl3FN2O2/c17-8-3-2-6-11(20)14(8)12-7-13(24-22-12)16(23)21-15-9(18)4-1-5-10(15)19/h1-6,13H,7H2,(H,21,23)/t13-/m1/s1. The highest BCUT2D eigenvalue weighted by atomic mass is 35.5. The van der Waals surface area contributed by atoms with Crippen molar-refractivity contribution in [1.29, 1.82) is 0 Å². The van der Waals surface area contributed by atoms with Gasteiger partial charge in [-0.05, 0) is 24.3 Å². The number of nitrogens with zero attached hydrogens (tertiary/aromatic N) is 1. The van der Waals surface area contributed by atoms with Gasteiger partial charge in [-0.15, -0.1) is 0 Å². The molecule has 1 atom stereocenters. The Bertz CT molecular complexity index is 802. The van der Waals surface area contributed by atoms with Gasteiger partial charge in [-0.3, -0.25) is 4.79 Å². The van der Waals surface area contributed by atoms with E-state index in [4.69, 9.17) is 39.6 Å². The molecule has 0 fully saturated rings. The normalized spacial score (nSPS) is 16.5. The molecule has 0 saturated carbocycles. The molecule has 0 spiro atoms. The molecule has 0 aromatic heterocycles. The molecule has 3 rings (SSSR count). The zero-order valence-electron chi connectivity index (χ0n) is 12.0. The van der Waals surface area contributed by atoms with Gasteiger partial charge in [0.15, 0.2) is 0 Å². The molecular weight excluding hydrogens is 378 g/mol. The Morgan fingerprint density at radius 1 is 1.12 bits per heavy atom. The number of anilines is 1. The highest BCUT2D eigenvalue weighted by Crippen LogP contribution is 2.31. The van der Waals surface area contributed by atoms with Crippen molar-refractivity contribution in [2.45, 2.75) is 12.5 Å². The molecule has 0 bridgehead atoms. The lowest BCUT2D eigenvalue weighted by atomic mass is 10.0. The number of carbonyl (C=O) groups is 1. The van der Waals surface area contributed by atoms with E-state index >= 15 is 0 Å². The minimum atomic E-state index is -0.928. The first-order valence-electron chi connectivity index (χ1n) is 6.89. The lowest BCUT2D eigenvalue weighted by molar-refractivity contribution is -0.125. The number of rotatable bonds is 3. The van der Waals surface area contributed by atoms with Crippen molar-refractivity contribution in [3.63, 3.8) is 0 Å². The molecule has 0 saturated heterocycles. The fourth-order valence-corrected chi connectivity index (χ4v) is 3.02. The van der Waals surface area contributed by atoms with Crippen LogP contribution in [-0.2, 0) is 9.63 Å². The third kappa shape index (κ3) is 3.34. The highest BCUT2D eigenvalue weighted by Gasteiger charge is 2.31. The Labute approximate surface area is 152 Å². The molecule has 1 heterocycles. The third-order valence-corrected chi connectivity index (χ3v) is 4.37.